The third-order valence-electron chi connectivity index (χ3n) is 3.49. The number of rotatable bonds is 9. The molecule has 1 aromatic rings. The second-order valence-corrected chi connectivity index (χ2v) is 6.95. The number of sulfonamides is 1. The number of hydrogen-bond donors (Lipinski definition) is 1. The summed E-state index contributed by atoms with van der Waals surface area (Å²) < 4.78 is 28.9. The second kappa shape index (κ2) is 7.91. The van der Waals surface area contributed by atoms with E-state index in [-0.39, 0.29) is 0 Å². The van der Waals surface area contributed by atoms with Gasteiger partial charge in [-0.15, -0.1) is 0 Å². The Morgan fingerprint density at radius 3 is 2.43 bits per heavy atom. The van der Waals surface area contributed by atoms with E-state index >= 15 is 0 Å². The molecule has 1 aromatic heterocycles. The van der Waals surface area contributed by atoms with Gasteiger partial charge in [0.05, 0.1) is 17.9 Å². The third-order valence-corrected chi connectivity index (χ3v) is 5.72. The fraction of sp³-hybridized carbons (Fsp3) is 0.786. The van der Waals surface area contributed by atoms with Gasteiger partial charge in [-0.3, -0.25) is 4.68 Å². The highest BCUT2D eigenvalue weighted by Crippen LogP contribution is 2.23. The summed E-state index contributed by atoms with van der Waals surface area (Å²) in [7, 11) is -3.45. The first kappa shape index (κ1) is 18.1. The summed E-state index contributed by atoms with van der Waals surface area (Å²) in [4.78, 5) is 0.370. The molecule has 0 saturated carbocycles. The van der Waals surface area contributed by atoms with Crippen LogP contribution >= 0.6 is 0 Å². The summed E-state index contributed by atoms with van der Waals surface area (Å²) >= 11 is 0. The van der Waals surface area contributed by atoms with Crippen molar-refractivity contribution in [2.24, 2.45) is 0 Å². The standard InChI is InChI=1S/C14H28N4O2S/c1-6-10-17(8-3)21(19,20)14-12(4)16-18(13(14)5)11-9-15-7-2/h15H,6-11H2,1-5H3. The number of aromatic nitrogens is 2. The first-order valence-corrected chi connectivity index (χ1v) is 9.08. The predicted molar refractivity (Wildman–Crippen MR) is 85.0 cm³/mol. The van der Waals surface area contributed by atoms with Gasteiger partial charge in [-0.25, -0.2) is 8.42 Å². The minimum atomic E-state index is -3.45. The zero-order valence-corrected chi connectivity index (χ0v) is 14.6. The molecule has 0 spiro atoms. The molecular weight excluding hydrogens is 288 g/mol. The summed E-state index contributed by atoms with van der Waals surface area (Å²) in [6.07, 6.45) is 0.805. The predicted octanol–water partition coefficient (Wildman–Crippen LogP) is 1.53. The molecule has 1 N–H and O–H groups in total. The average Bonchev–Trinajstić information content (AvgIpc) is 2.71. The molecule has 0 atom stereocenters. The van der Waals surface area contributed by atoms with Gasteiger partial charge in [0.25, 0.3) is 0 Å². The molecule has 0 saturated heterocycles. The Labute approximate surface area is 128 Å². The molecule has 0 aromatic carbocycles. The molecule has 0 aliphatic carbocycles. The van der Waals surface area contributed by atoms with Crippen molar-refractivity contribution >= 4 is 10.0 Å². The van der Waals surface area contributed by atoms with Crippen LogP contribution < -0.4 is 5.32 Å². The van der Waals surface area contributed by atoms with E-state index in [9.17, 15) is 8.42 Å². The molecule has 0 unspecified atom stereocenters. The normalized spacial score (nSPS) is 12.3. The highest BCUT2D eigenvalue weighted by Gasteiger charge is 2.29. The van der Waals surface area contributed by atoms with Gasteiger partial charge in [-0.1, -0.05) is 20.8 Å². The van der Waals surface area contributed by atoms with Crippen molar-refractivity contribution in [2.75, 3.05) is 26.2 Å². The molecule has 0 bridgehead atoms. The molecule has 6 nitrogen and oxygen atoms in total. The summed E-state index contributed by atoms with van der Waals surface area (Å²) in [6.45, 7) is 12.9. The van der Waals surface area contributed by atoms with E-state index in [1.807, 2.05) is 27.7 Å². The number of nitrogens with zero attached hydrogens (tertiary/aromatic N) is 3. The SMILES string of the molecule is CCCN(CC)S(=O)(=O)c1c(C)nn(CCNCC)c1C. The maximum Gasteiger partial charge on any atom is 0.246 e. The molecule has 0 aliphatic rings. The zero-order valence-electron chi connectivity index (χ0n) is 13.8. The van der Waals surface area contributed by atoms with Crippen LogP contribution in [0.4, 0.5) is 0 Å². The Morgan fingerprint density at radius 1 is 1.24 bits per heavy atom. The molecule has 0 aliphatic heterocycles. The van der Waals surface area contributed by atoms with E-state index in [1.165, 1.54) is 4.31 Å². The van der Waals surface area contributed by atoms with E-state index < -0.39 is 10.0 Å². The molecule has 0 amide bonds. The summed E-state index contributed by atoms with van der Waals surface area (Å²) in [5.74, 6) is 0. The van der Waals surface area contributed by atoms with E-state index in [0.29, 0.717) is 30.2 Å². The first-order chi connectivity index (χ1) is 9.89. The minimum absolute atomic E-state index is 0.370. The van der Waals surface area contributed by atoms with Crippen LogP contribution in [0.25, 0.3) is 0 Å². The van der Waals surface area contributed by atoms with E-state index in [0.717, 1.165) is 25.2 Å². The van der Waals surface area contributed by atoms with Crippen molar-refractivity contribution in [1.82, 2.24) is 19.4 Å². The van der Waals surface area contributed by atoms with Gasteiger partial charge in [0.1, 0.15) is 4.90 Å². The van der Waals surface area contributed by atoms with Crippen LogP contribution in [0.5, 0.6) is 0 Å². The molecule has 1 heterocycles. The Bertz CT molecular complexity index is 552. The Hall–Kier alpha value is -0.920. The number of nitrogens with one attached hydrogen (secondary N) is 1. The van der Waals surface area contributed by atoms with E-state index in [1.54, 1.807) is 11.6 Å². The van der Waals surface area contributed by atoms with Crippen molar-refractivity contribution in [3.05, 3.63) is 11.4 Å². The van der Waals surface area contributed by atoms with Crippen LogP contribution in [0.15, 0.2) is 4.90 Å². The minimum Gasteiger partial charge on any atom is -0.315 e. The molecule has 0 radical (unpaired) electrons. The van der Waals surface area contributed by atoms with Crippen LogP contribution in [0.3, 0.4) is 0 Å². The topological polar surface area (TPSA) is 67.2 Å². The van der Waals surface area contributed by atoms with E-state index in [2.05, 4.69) is 10.4 Å². The average molecular weight is 316 g/mol. The maximum atomic E-state index is 12.8. The van der Waals surface area contributed by atoms with Crippen LogP contribution in [0.1, 0.15) is 38.6 Å². The van der Waals surface area contributed by atoms with Crippen molar-refractivity contribution in [2.45, 2.75) is 52.5 Å². The summed E-state index contributed by atoms with van der Waals surface area (Å²) in [5, 5.41) is 7.62. The van der Waals surface area contributed by atoms with Crippen LogP contribution in [0, 0.1) is 13.8 Å². The van der Waals surface area contributed by atoms with Gasteiger partial charge in [-0.05, 0) is 26.8 Å². The van der Waals surface area contributed by atoms with Crippen LogP contribution in [-0.4, -0.2) is 48.7 Å². The van der Waals surface area contributed by atoms with E-state index in [4.69, 9.17) is 0 Å². The lowest BCUT2D eigenvalue weighted by molar-refractivity contribution is 0.426. The summed E-state index contributed by atoms with van der Waals surface area (Å²) in [6, 6.07) is 0. The number of likely N-dealkylation sites (N-methyl/N-ethyl adjacent to an activating group) is 1. The van der Waals surface area contributed by atoms with Gasteiger partial charge >= 0.3 is 0 Å². The van der Waals surface area contributed by atoms with Crippen molar-refractivity contribution in [3.8, 4) is 0 Å². The Morgan fingerprint density at radius 2 is 1.90 bits per heavy atom. The monoisotopic (exact) mass is 316 g/mol. The lowest BCUT2D eigenvalue weighted by atomic mass is 10.4. The lowest BCUT2D eigenvalue weighted by Crippen LogP contribution is -2.32. The first-order valence-electron chi connectivity index (χ1n) is 7.64. The van der Waals surface area contributed by atoms with Crippen LogP contribution in [-0.2, 0) is 16.6 Å². The van der Waals surface area contributed by atoms with Gasteiger partial charge in [0, 0.05) is 19.6 Å². The molecule has 122 valence electrons. The fourth-order valence-electron chi connectivity index (χ4n) is 2.46. The van der Waals surface area contributed by atoms with Gasteiger partial charge in [0.2, 0.25) is 10.0 Å². The van der Waals surface area contributed by atoms with Crippen LogP contribution in [0.2, 0.25) is 0 Å². The molecule has 21 heavy (non-hydrogen) atoms. The third kappa shape index (κ3) is 4.05. The Balaban J connectivity index is 3.12. The zero-order chi connectivity index (χ0) is 16.0. The highest BCUT2D eigenvalue weighted by molar-refractivity contribution is 7.89. The van der Waals surface area contributed by atoms with Crippen molar-refractivity contribution < 1.29 is 8.42 Å². The summed E-state index contributed by atoms with van der Waals surface area (Å²) in [5.41, 5.74) is 1.30. The van der Waals surface area contributed by atoms with Crippen molar-refractivity contribution in [1.29, 1.82) is 0 Å². The molecule has 1 rings (SSSR count). The lowest BCUT2D eigenvalue weighted by Gasteiger charge is -2.20. The number of hydrogen-bond acceptors (Lipinski definition) is 4. The van der Waals surface area contributed by atoms with Gasteiger partial charge in [-0.2, -0.15) is 9.40 Å². The highest BCUT2D eigenvalue weighted by atomic mass is 32.2. The molecule has 0 fully saturated rings. The quantitative estimate of drug-likeness (QED) is 0.702. The van der Waals surface area contributed by atoms with Crippen molar-refractivity contribution in [3.63, 3.8) is 0 Å². The van der Waals surface area contributed by atoms with Gasteiger partial charge < -0.3 is 5.32 Å². The largest absolute Gasteiger partial charge is 0.315 e. The molecule has 7 heteroatoms. The second-order valence-electron chi connectivity index (χ2n) is 5.07. The molecular formula is C14H28N4O2S. The fourth-order valence-corrected chi connectivity index (χ4v) is 4.37. The smallest absolute Gasteiger partial charge is 0.246 e. The number of aryl methyl sites for hydroxylation is 1. The Kier molecular flexibility index (Phi) is 6.83. The maximum absolute atomic E-state index is 12.8. The van der Waals surface area contributed by atoms with Gasteiger partial charge in [0.15, 0.2) is 0 Å².